The molecule has 0 aliphatic heterocycles. The van der Waals surface area contributed by atoms with Crippen molar-refractivity contribution in [3.05, 3.63) is 206 Å². The standard InChI is InChI=1S/C55H34N4O.C3H8/c1-3-13-35(14-4-1)37-25-29-40(30-26-37)53-56-54(41-31-27-38(28-32-41)36-15-5-2-6-16-36)58-55(57-53)59-48-24-10-9-19-43(48)44-20-11-21-45(51(44)59)46-22-12-23-47-50-42-18-8-7-17-39(42)33-34-49(50)60-52(46)47;1-3-2/h1-34H;3H2,1-2H3. The molecule has 0 saturated carbocycles. The van der Waals surface area contributed by atoms with Crippen molar-refractivity contribution in [1.29, 1.82) is 0 Å². The first-order valence-electron chi connectivity index (χ1n) is 21.6. The second-order valence-corrected chi connectivity index (χ2v) is 15.9. The molecule has 3 aromatic heterocycles. The molecule has 0 fully saturated rings. The van der Waals surface area contributed by atoms with Gasteiger partial charge < -0.3 is 4.42 Å². The molecule has 0 aliphatic carbocycles. The predicted octanol–water partition coefficient (Wildman–Crippen LogP) is 15.8. The Morgan fingerprint density at radius 1 is 0.397 bits per heavy atom. The summed E-state index contributed by atoms with van der Waals surface area (Å²) in [5, 5.41) is 6.79. The SMILES string of the molecule is CCC.c1ccc(-c2ccc(-c3nc(-c4ccc(-c5ccccc5)cc4)nc(-n4c5ccccc5c5cccc(-c6cccc7c6oc6ccc8ccccc8c67)c54)n3)cc2)cc1. The maximum atomic E-state index is 6.80. The van der Waals surface area contributed by atoms with Crippen LogP contribution >= 0.6 is 0 Å². The minimum absolute atomic E-state index is 0.538. The number of nitrogens with zero attached hydrogens (tertiary/aromatic N) is 4. The molecule has 0 radical (unpaired) electrons. The Bertz CT molecular complexity index is 3490. The van der Waals surface area contributed by atoms with Crippen LogP contribution in [0.5, 0.6) is 0 Å². The summed E-state index contributed by atoms with van der Waals surface area (Å²) >= 11 is 0. The first-order chi connectivity index (χ1) is 31.2. The van der Waals surface area contributed by atoms with Crippen LogP contribution in [0.3, 0.4) is 0 Å². The number of furan rings is 1. The summed E-state index contributed by atoms with van der Waals surface area (Å²) in [5.74, 6) is 1.73. The Labute approximate surface area is 365 Å². The molecule has 0 unspecified atom stereocenters. The Balaban J connectivity index is 0.00000144. The van der Waals surface area contributed by atoms with Gasteiger partial charge in [-0.2, -0.15) is 9.97 Å². The van der Waals surface area contributed by atoms with Gasteiger partial charge in [0.1, 0.15) is 11.2 Å². The minimum atomic E-state index is 0.538. The number of aromatic nitrogens is 4. The predicted molar refractivity (Wildman–Crippen MR) is 262 cm³/mol. The zero-order valence-corrected chi connectivity index (χ0v) is 35.0. The number of fused-ring (bicyclic) bond motifs is 8. The van der Waals surface area contributed by atoms with Crippen molar-refractivity contribution < 1.29 is 4.42 Å². The molecule has 0 N–H and O–H groups in total. The molecule has 3 heterocycles. The summed E-state index contributed by atoms with van der Waals surface area (Å²) < 4.78 is 9.01. The van der Waals surface area contributed by atoms with Gasteiger partial charge in [-0.1, -0.05) is 214 Å². The molecule has 9 aromatic carbocycles. The van der Waals surface area contributed by atoms with Crippen LogP contribution in [-0.4, -0.2) is 19.5 Å². The van der Waals surface area contributed by atoms with E-state index in [0.717, 1.165) is 88.3 Å². The second kappa shape index (κ2) is 16.0. The van der Waals surface area contributed by atoms with Gasteiger partial charge >= 0.3 is 0 Å². The highest BCUT2D eigenvalue weighted by molar-refractivity contribution is 6.22. The molecule has 300 valence electrons. The normalized spacial score (nSPS) is 11.4. The molecular formula is C58H42N4O. The van der Waals surface area contributed by atoms with Crippen LogP contribution in [0.1, 0.15) is 20.3 Å². The average Bonchev–Trinajstić information content (AvgIpc) is 3.92. The third kappa shape index (κ3) is 6.71. The van der Waals surface area contributed by atoms with E-state index in [1.165, 1.54) is 17.2 Å². The van der Waals surface area contributed by atoms with Crippen LogP contribution in [0.15, 0.2) is 211 Å². The zero-order valence-electron chi connectivity index (χ0n) is 35.0. The van der Waals surface area contributed by atoms with Crippen molar-refractivity contribution in [2.24, 2.45) is 0 Å². The van der Waals surface area contributed by atoms with Crippen molar-refractivity contribution in [3.8, 4) is 62.1 Å². The number of para-hydroxylation sites is 3. The third-order valence-electron chi connectivity index (χ3n) is 11.7. The highest BCUT2D eigenvalue weighted by Crippen LogP contribution is 2.43. The average molecular weight is 811 g/mol. The van der Waals surface area contributed by atoms with Gasteiger partial charge in [-0.05, 0) is 45.2 Å². The van der Waals surface area contributed by atoms with Crippen molar-refractivity contribution in [2.75, 3.05) is 0 Å². The summed E-state index contributed by atoms with van der Waals surface area (Å²) in [5.41, 5.74) is 12.1. The van der Waals surface area contributed by atoms with Crippen LogP contribution in [-0.2, 0) is 0 Å². The first-order valence-corrected chi connectivity index (χ1v) is 21.6. The van der Waals surface area contributed by atoms with Gasteiger partial charge in [0.2, 0.25) is 5.95 Å². The van der Waals surface area contributed by atoms with Gasteiger partial charge in [0.25, 0.3) is 0 Å². The zero-order chi connectivity index (χ0) is 42.3. The topological polar surface area (TPSA) is 56.7 Å². The second-order valence-electron chi connectivity index (χ2n) is 15.9. The fourth-order valence-corrected chi connectivity index (χ4v) is 8.83. The van der Waals surface area contributed by atoms with E-state index in [-0.39, 0.29) is 0 Å². The van der Waals surface area contributed by atoms with Gasteiger partial charge in [-0.15, -0.1) is 0 Å². The summed E-state index contributed by atoms with van der Waals surface area (Å²) in [4.78, 5) is 15.8. The molecule has 5 nitrogen and oxygen atoms in total. The van der Waals surface area contributed by atoms with E-state index in [1.54, 1.807) is 0 Å². The quantitative estimate of drug-likeness (QED) is 0.168. The van der Waals surface area contributed by atoms with Crippen LogP contribution in [0.25, 0.3) is 117 Å². The third-order valence-corrected chi connectivity index (χ3v) is 11.7. The Kier molecular flexibility index (Phi) is 9.63. The van der Waals surface area contributed by atoms with E-state index < -0.39 is 0 Å². The monoisotopic (exact) mass is 810 g/mol. The van der Waals surface area contributed by atoms with Crippen LogP contribution in [0, 0.1) is 0 Å². The van der Waals surface area contributed by atoms with Crippen molar-refractivity contribution in [2.45, 2.75) is 20.3 Å². The van der Waals surface area contributed by atoms with Crippen LogP contribution in [0.2, 0.25) is 0 Å². The lowest BCUT2D eigenvalue weighted by Crippen LogP contribution is -2.07. The highest BCUT2D eigenvalue weighted by Gasteiger charge is 2.23. The first kappa shape index (κ1) is 37.8. The van der Waals surface area contributed by atoms with E-state index in [2.05, 4.69) is 213 Å². The number of rotatable bonds is 6. The molecule has 12 rings (SSSR count). The molecular weight excluding hydrogens is 769 g/mol. The summed E-state index contributed by atoms with van der Waals surface area (Å²) in [6.45, 7) is 4.25. The smallest absolute Gasteiger partial charge is 0.238 e. The molecule has 0 amide bonds. The molecule has 12 aromatic rings. The fraction of sp³-hybridized carbons (Fsp3) is 0.0517. The Hall–Kier alpha value is -8.15. The lowest BCUT2D eigenvalue weighted by Gasteiger charge is -2.13. The van der Waals surface area contributed by atoms with E-state index in [0.29, 0.717) is 17.6 Å². The van der Waals surface area contributed by atoms with Gasteiger partial charge in [-0.3, -0.25) is 4.57 Å². The van der Waals surface area contributed by atoms with Gasteiger partial charge in [0, 0.05) is 43.8 Å². The Morgan fingerprint density at radius 3 is 1.52 bits per heavy atom. The van der Waals surface area contributed by atoms with Crippen LogP contribution < -0.4 is 0 Å². The summed E-state index contributed by atoms with van der Waals surface area (Å²) in [6.07, 6.45) is 1.25. The largest absolute Gasteiger partial charge is 0.455 e. The minimum Gasteiger partial charge on any atom is -0.455 e. The lowest BCUT2D eigenvalue weighted by atomic mass is 9.98. The van der Waals surface area contributed by atoms with Crippen molar-refractivity contribution >= 4 is 54.5 Å². The Morgan fingerprint density at radius 2 is 0.889 bits per heavy atom. The molecule has 0 atom stereocenters. The van der Waals surface area contributed by atoms with Gasteiger partial charge in [0.05, 0.1) is 11.0 Å². The summed E-state index contributed by atoms with van der Waals surface area (Å²) in [7, 11) is 0. The molecule has 0 bridgehead atoms. The fourth-order valence-electron chi connectivity index (χ4n) is 8.83. The van der Waals surface area contributed by atoms with Gasteiger partial charge in [-0.25, -0.2) is 4.98 Å². The summed E-state index contributed by atoms with van der Waals surface area (Å²) in [6, 6.07) is 72.0. The number of benzene rings is 9. The van der Waals surface area contributed by atoms with Crippen LogP contribution in [0.4, 0.5) is 0 Å². The lowest BCUT2D eigenvalue weighted by molar-refractivity contribution is 0.670. The molecule has 0 saturated heterocycles. The van der Waals surface area contributed by atoms with Crippen molar-refractivity contribution in [1.82, 2.24) is 19.5 Å². The van der Waals surface area contributed by atoms with E-state index >= 15 is 0 Å². The van der Waals surface area contributed by atoms with E-state index in [1.807, 2.05) is 12.1 Å². The molecule has 5 heteroatoms. The van der Waals surface area contributed by atoms with Crippen molar-refractivity contribution in [3.63, 3.8) is 0 Å². The van der Waals surface area contributed by atoms with E-state index in [9.17, 15) is 0 Å². The maximum absolute atomic E-state index is 6.80. The highest BCUT2D eigenvalue weighted by atomic mass is 16.3. The van der Waals surface area contributed by atoms with Gasteiger partial charge in [0.15, 0.2) is 11.6 Å². The molecule has 63 heavy (non-hydrogen) atoms. The number of hydrogen-bond donors (Lipinski definition) is 0. The molecule has 0 spiro atoms. The molecule has 0 aliphatic rings. The maximum Gasteiger partial charge on any atom is 0.238 e. The number of hydrogen-bond acceptors (Lipinski definition) is 4. The van der Waals surface area contributed by atoms with E-state index in [4.69, 9.17) is 19.4 Å².